The van der Waals surface area contributed by atoms with Crippen LogP contribution in [0.2, 0.25) is 5.82 Å². The Bertz CT molecular complexity index is 371. The molecule has 4 atom stereocenters. The number of nitrogens with zero attached hydrogens (tertiary/aromatic N) is 3. The Balaban J connectivity index is 2.51. The Kier molecular flexibility index (Phi) is 5.77. The molecule has 0 aromatic rings. The zero-order valence-electron chi connectivity index (χ0n) is 11.3. The van der Waals surface area contributed by atoms with Crippen molar-refractivity contribution in [3.8, 4) is 0 Å². The average molecular weight is 269 g/mol. The van der Waals surface area contributed by atoms with Gasteiger partial charge in [0.25, 0.3) is 0 Å². The maximum absolute atomic E-state index is 12.2. The highest BCUT2D eigenvalue weighted by molar-refractivity contribution is 7.58. The molecule has 4 unspecified atom stereocenters. The van der Waals surface area contributed by atoms with Crippen LogP contribution in [0.25, 0.3) is 10.4 Å². The summed E-state index contributed by atoms with van der Waals surface area (Å²) in [5, 5.41) is 3.79. The molecule has 1 rings (SSSR count). The quantitative estimate of drug-likeness (QED) is 0.242. The van der Waals surface area contributed by atoms with Gasteiger partial charge in [0.2, 0.25) is 0 Å². The molecule has 0 spiro atoms. The van der Waals surface area contributed by atoms with Crippen molar-refractivity contribution < 1.29 is 9.09 Å². The van der Waals surface area contributed by atoms with Gasteiger partial charge >= 0.3 is 0 Å². The smallest absolute Gasteiger partial charge is 0.200 e. The molecule has 0 amide bonds. The molecule has 0 saturated heterocycles. The van der Waals surface area contributed by atoms with Crippen molar-refractivity contribution in [3.05, 3.63) is 10.4 Å². The first-order valence-corrected chi connectivity index (χ1v) is 8.64. The third kappa shape index (κ3) is 5.05. The molecule has 2 radical (unpaired) electrons. The lowest BCUT2D eigenvalue weighted by Gasteiger charge is -2.20. The molecule has 1 fully saturated rings. The van der Waals surface area contributed by atoms with E-state index in [1.165, 1.54) is 0 Å². The van der Waals surface area contributed by atoms with Crippen molar-refractivity contribution >= 4 is 15.2 Å². The van der Waals surface area contributed by atoms with E-state index in [1.54, 1.807) is 6.66 Å². The first kappa shape index (κ1) is 15.6. The highest BCUT2D eigenvalue weighted by Crippen LogP contribution is 2.47. The minimum Gasteiger partial charge on any atom is -0.326 e. The minimum atomic E-state index is -2.54. The fourth-order valence-electron chi connectivity index (χ4n) is 2.56. The summed E-state index contributed by atoms with van der Waals surface area (Å²) in [7, 11) is 3.34. The summed E-state index contributed by atoms with van der Waals surface area (Å²) in [6, 6.07) is -0.0518. The third-order valence-corrected chi connectivity index (χ3v) is 5.17. The van der Waals surface area contributed by atoms with Crippen LogP contribution in [-0.2, 0) is 9.09 Å². The molecule has 1 aliphatic rings. The second-order valence-corrected chi connectivity index (χ2v) is 8.13. The van der Waals surface area contributed by atoms with Crippen LogP contribution in [0.1, 0.15) is 33.1 Å². The number of hydrogen-bond donors (Lipinski definition) is 0. The van der Waals surface area contributed by atoms with E-state index < -0.39 is 7.37 Å². The van der Waals surface area contributed by atoms with Gasteiger partial charge in [-0.15, -0.1) is 0 Å². The van der Waals surface area contributed by atoms with Crippen molar-refractivity contribution in [1.82, 2.24) is 0 Å². The van der Waals surface area contributed by atoms with E-state index in [4.69, 9.17) is 17.9 Å². The Hall–Kier alpha value is -0.435. The van der Waals surface area contributed by atoms with Crippen molar-refractivity contribution in [2.24, 2.45) is 11.0 Å². The Morgan fingerprint density at radius 1 is 1.56 bits per heavy atom. The summed E-state index contributed by atoms with van der Waals surface area (Å²) in [5.74, 6) is 0.327. The summed E-state index contributed by atoms with van der Waals surface area (Å²) in [4.78, 5) is 2.86. The molecule has 0 heterocycles. The zero-order valence-corrected chi connectivity index (χ0v) is 12.2. The van der Waals surface area contributed by atoms with Gasteiger partial charge in [-0.1, -0.05) is 17.4 Å². The molecule has 7 heteroatoms. The molecule has 1 aliphatic carbocycles. The van der Waals surface area contributed by atoms with Crippen LogP contribution in [0, 0.1) is 5.92 Å². The van der Waals surface area contributed by atoms with Gasteiger partial charge in [-0.05, 0) is 38.1 Å². The average Bonchev–Trinajstić information content (AvgIpc) is 2.55. The van der Waals surface area contributed by atoms with Gasteiger partial charge in [-0.2, -0.15) is 0 Å². The van der Waals surface area contributed by atoms with Crippen LogP contribution in [0.4, 0.5) is 0 Å². The number of hydrogen-bond acceptors (Lipinski definition) is 3. The summed E-state index contributed by atoms with van der Waals surface area (Å²) < 4.78 is 17.6. The standard InChI is InChI=1S/C11H21BN3O2P/c1-8(2)17-18(3,16)5-4-9-6-10(12)7-11(9)14-15-13/h8-11H,4-7H2,1-3H3. The minimum absolute atomic E-state index is 0.0282. The predicted octanol–water partition coefficient (Wildman–Crippen LogP) is 3.76. The summed E-state index contributed by atoms with van der Waals surface area (Å²) in [6.45, 7) is 5.43. The Morgan fingerprint density at radius 3 is 2.78 bits per heavy atom. The number of azide groups is 1. The molecule has 0 aromatic carbocycles. The molecule has 18 heavy (non-hydrogen) atoms. The van der Waals surface area contributed by atoms with Crippen molar-refractivity contribution in [2.45, 2.75) is 51.1 Å². The topological polar surface area (TPSA) is 75.1 Å². The zero-order chi connectivity index (χ0) is 13.8. The predicted molar refractivity (Wildman–Crippen MR) is 74.4 cm³/mol. The van der Waals surface area contributed by atoms with Gasteiger partial charge in [-0.3, -0.25) is 4.57 Å². The normalized spacial score (nSPS) is 31.0. The molecule has 5 nitrogen and oxygen atoms in total. The van der Waals surface area contributed by atoms with E-state index in [-0.39, 0.29) is 23.9 Å². The van der Waals surface area contributed by atoms with E-state index in [0.29, 0.717) is 6.16 Å². The fourth-order valence-corrected chi connectivity index (χ4v) is 4.36. The second-order valence-electron chi connectivity index (χ2n) is 5.44. The van der Waals surface area contributed by atoms with E-state index >= 15 is 0 Å². The molecule has 0 N–H and O–H groups in total. The lowest BCUT2D eigenvalue weighted by molar-refractivity contribution is 0.244. The maximum atomic E-state index is 12.2. The molecular weight excluding hydrogens is 248 g/mol. The monoisotopic (exact) mass is 269 g/mol. The third-order valence-electron chi connectivity index (χ3n) is 3.23. The summed E-state index contributed by atoms with van der Waals surface area (Å²) in [5.41, 5.74) is 8.52. The van der Waals surface area contributed by atoms with Crippen LogP contribution in [0.3, 0.4) is 0 Å². The molecule has 1 saturated carbocycles. The molecule has 0 aliphatic heterocycles. The van der Waals surface area contributed by atoms with Crippen LogP contribution in [0.15, 0.2) is 5.11 Å². The fraction of sp³-hybridized carbons (Fsp3) is 1.00. The van der Waals surface area contributed by atoms with Crippen LogP contribution in [0.5, 0.6) is 0 Å². The van der Waals surface area contributed by atoms with E-state index in [2.05, 4.69) is 10.0 Å². The Labute approximate surface area is 110 Å². The van der Waals surface area contributed by atoms with Gasteiger partial charge in [0, 0.05) is 23.8 Å². The van der Waals surface area contributed by atoms with Crippen LogP contribution < -0.4 is 0 Å². The van der Waals surface area contributed by atoms with E-state index in [0.717, 1.165) is 19.3 Å². The maximum Gasteiger partial charge on any atom is 0.200 e. The van der Waals surface area contributed by atoms with Crippen molar-refractivity contribution in [2.75, 3.05) is 12.8 Å². The second kappa shape index (κ2) is 6.65. The molecule has 100 valence electrons. The highest BCUT2D eigenvalue weighted by Gasteiger charge is 2.32. The lowest BCUT2D eigenvalue weighted by Crippen LogP contribution is -2.13. The summed E-state index contributed by atoms with van der Waals surface area (Å²) >= 11 is 0. The van der Waals surface area contributed by atoms with Gasteiger partial charge in [0.15, 0.2) is 7.37 Å². The highest BCUT2D eigenvalue weighted by atomic mass is 31.2. The van der Waals surface area contributed by atoms with Crippen molar-refractivity contribution in [1.29, 1.82) is 0 Å². The first-order valence-electron chi connectivity index (χ1n) is 6.39. The van der Waals surface area contributed by atoms with Crippen LogP contribution in [-0.4, -0.2) is 32.8 Å². The first-order chi connectivity index (χ1) is 8.34. The van der Waals surface area contributed by atoms with Crippen molar-refractivity contribution in [3.63, 3.8) is 0 Å². The summed E-state index contributed by atoms with van der Waals surface area (Å²) in [6.07, 6.45) is 2.82. The molecule has 0 bridgehead atoms. The van der Waals surface area contributed by atoms with E-state index in [9.17, 15) is 4.57 Å². The largest absolute Gasteiger partial charge is 0.326 e. The SMILES string of the molecule is [B]C1CC(CCP(C)(=O)OC(C)C)C(N=[N+]=[N-])C1. The van der Waals surface area contributed by atoms with E-state index in [1.807, 2.05) is 13.8 Å². The Morgan fingerprint density at radius 2 is 2.22 bits per heavy atom. The van der Waals surface area contributed by atoms with Gasteiger partial charge in [0.05, 0.1) is 14.0 Å². The lowest BCUT2D eigenvalue weighted by atomic mass is 9.85. The van der Waals surface area contributed by atoms with Crippen LogP contribution >= 0.6 is 7.37 Å². The number of rotatable bonds is 6. The molecular formula is C11H21BN3O2P. The van der Waals surface area contributed by atoms with Gasteiger partial charge < -0.3 is 4.52 Å². The van der Waals surface area contributed by atoms with Gasteiger partial charge in [-0.25, -0.2) is 0 Å². The molecule has 0 aromatic heterocycles. The van der Waals surface area contributed by atoms with Gasteiger partial charge in [0.1, 0.15) is 0 Å².